The molecule has 0 bridgehead atoms. The molecule has 2 aromatic carbocycles. The van der Waals surface area contributed by atoms with E-state index in [4.69, 9.17) is 5.84 Å². The van der Waals surface area contributed by atoms with Crippen LogP contribution >= 0.6 is 0 Å². The van der Waals surface area contributed by atoms with Gasteiger partial charge in [0.25, 0.3) is 5.91 Å². The Morgan fingerprint density at radius 2 is 1.60 bits per heavy atom. The number of nitrogen functional groups attached to an aromatic ring is 1. The lowest BCUT2D eigenvalue weighted by molar-refractivity contribution is 0.102. The van der Waals surface area contributed by atoms with Crippen molar-refractivity contribution in [1.82, 2.24) is 0 Å². The minimum absolute atomic E-state index is 0.128. The molecule has 0 fully saturated rings. The van der Waals surface area contributed by atoms with Crippen LogP contribution < -0.4 is 16.6 Å². The third kappa shape index (κ3) is 3.59. The molecule has 1 amide bonds. The lowest BCUT2D eigenvalue weighted by Crippen LogP contribution is -2.12. The van der Waals surface area contributed by atoms with Crippen LogP contribution in [-0.4, -0.2) is 5.91 Å². The van der Waals surface area contributed by atoms with Gasteiger partial charge in [-0.05, 0) is 48.4 Å². The van der Waals surface area contributed by atoms with Crippen molar-refractivity contribution in [3.63, 3.8) is 0 Å². The largest absolute Gasteiger partial charge is 0.324 e. The third-order valence-corrected chi connectivity index (χ3v) is 3.06. The number of nitrogens with one attached hydrogen (secondary N) is 2. The van der Waals surface area contributed by atoms with Crippen LogP contribution in [0.2, 0.25) is 0 Å². The summed E-state index contributed by atoms with van der Waals surface area (Å²) in [7, 11) is 0. The van der Waals surface area contributed by atoms with E-state index in [1.54, 1.807) is 24.3 Å². The molecular formula is C16H19N3O. The Morgan fingerprint density at radius 1 is 1.00 bits per heavy atom. The van der Waals surface area contributed by atoms with Crippen LogP contribution in [-0.2, 0) is 6.42 Å². The van der Waals surface area contributed by atoms with E-state index in [9.17, 15) is 4.79 Å². The lowest BCUT2D eigenvalue weighted by atomic mass is 10.1. The summed E-state index contributed by atoms with van der Waals surface area (Å²) in [5.41, 5.74) is 5.98. The molecule has 0 radical (unpaired) electrons. The summed E-state index contributed by atoms with van der Waals surface area (Å²) >= 11 is 0. The molecule has 0 spiro atoms. The maximum atomic E-state index is 12.1. The molecule has 0 aliphatic heterocycles. The van der Waals surface area contributed by atoms with Crippen molar-refractivity contribution in [1.29, 1.82) is 0 Å². The summed E-state index contributed by atoms with van der Waals surface area (Å²) in [6.07, 6.45) is 2.18. The van der Waals surface area contributed by atoms with E-state index in [2.05, 4.69) is 17.7 Å². The lowest BCUT2D eigenvalue weighted by Gasteiger charge is -2.07. The highest BCUT2D eigenvalue weighted by Gasteiger charge is 2.05. The standard InChI is InChI=1S/C16H19N3O/c1-2-3-12-4-8-14(9-5-12)18-16(20)13-6-10-15(19-17)11-7-13/h4-11,19H,2-3,17H2,1H3,(H,18,20). The van der Waals surface area contributed by atoms with Gasteiger partial charge in [0.2, 0.25) is 0 Å². The minimum Gasteiger partial charge on any atom is -0.324 e. The number of rotatable bonds is 5. The molecule has 0 aromatic heterocycles. The van der Waals surface area contributed by atoms with E-state index in [0.29, 0.717) is 5.56 Å². The molecule has 4 heteroatoms. The number of hydrogen-bond acceptors (Lipinski definition) is 3. The molecule has 0 saturated carbocycles. The van der Waals surface area contributed by atoms with Crippen molar-refractivity contribution in [3.05, 3.63) is 59.7 Å². The van der Waals surface area contributed by atoms with Gasteiger partial charge in [0.15, 0.2) is 0 Å². The molecule has 0 atom stereocenters. The quantitative estimate of drug-likeness (QED) is 0.577. The molecule has 4 N–H and O–H groups in total. The number of aryl methyl sites for hydroxylation is 1. The van der Waals surface area contributed by atoms with Gasteiger partial charge < -0.3 is 10.7 Å². The summed E-state index contributed by atoms with van der Waals surface area (Å²) in [6.45, 7) is 2.15. The number of hydrazine groups is 1. The number of benzene rings is 2. The van der Waals surface area contributed by atoms with Gasteiger partial charge in [-0.15, -0.1) is 0 Å². The maximum absolute atomic E-state index is 12.1. The molecule has 0 unspecified atom stereocenters. The Morgan fingerprint density at radius 3 is 2.15 bits per heavy atom. The van der Waals surface area contributed by atoms with Crippen molar-refractivity contribution in [2.24, 2.45) is 5.84 Å². The van der Waals surface area contributed by atoms with Crippen LogP contribution in [0.1, 0.15) is 29.3 Å². The number of nitrogens with two attached hydrogens (primary N) is 1. The average Bonchev–Trinajstić information content (AvgIpc) is 2.49. The summed E-state index contributed by atoms with van der Waals surface area (Å²) in [6, 6.07) is 14.9. The van der Waals surface area contributed by atoms with E-state index in [-0.39, 0.29) is 5.91 Å². The van der Waals surface area contributed by atoms with Crippen LogP contribution in [0.5, 0.6) is 0 Å². The first-order chi connectivity index (χ1) is 9.72. The highest BCUT2D eigenvalue weighted by molar-refractivity contribution is 6.04. The van der Waals surface area contributed by atoms with Crippen LogP contribution in [0.25, 0.3) is 0 Å². The first-order valence-corrected chi connectivity index (χ1v) is 6.70. The normalized spacial score (nSPS) is 10.1. The smallest absolute Gasteiger partial charge is 0.255 e. The molecule has 2 rings (SSSR count). The van der Waals surface area contributed by atoms with E-state index < -0.39 is 0 Å². The Bertz CT molecular complexity index is 561. The number of carbonyl (C=O) groups is 1. The summed E-state index contributed by atoms with van der Waals surface area (Å²) in [4.78, 5) is 12.1. The molecule has 2 aromatic rings. The van der Waals surface area contributed by atoms with Gasteiger partial charge in [0, 0.05) is 16.9 Å². The van der Waals surface area contributed by atoms with E-state index in [1.807, 2.05) is 24.3 Å². The van der Waals surface area contributed by atoms with E-state index >= 15 is 0 Å². The fourth-order valence-electron chi connectivity index (χ4n) is 1.96. The first kappa shape index (κ1) is 14.1. The van der Waals surface area contributed by atoms with Gasteiger partial charge in [-0.2, -0.15) is 0 Å². The van der Waals surface area contributed by atoms with Crippen LogP contribution in [0, 0.1) is 0 Å². The van der Waals surface area contributed by atoms with Crippen molar-refractivity contribution in [3.8, 4) is 0 Å². The fourth-order valence-corrected chi connectivity index (χ4v) is 1.96. The van der Waals surface area contributed by atoms with Gasteiger partial charge in [-0.1, -0.05) is 25.5 Å². The van der Waals surface area contributed by atoms with Crippen LogP contribution in [0.4, 0.5) is 11.4 Å². The Hall–Kier alpha value is -2.33. The predicted molar refractivity (Wildman–Crippen MR) is 82.6 cm³/mol. The molecular weight excluding hydrogens is 250 g/mol. The highest BCUT2D eigenvalue weighted by atomic mass is 16.1. The zero-order valence-electron chi connectivity index (χ0n) is 11.5. The number of anilines is 2. The second-order valence-corrected chi connectivity index (χ2v) is 4.62. The van der Waals surface area contributed by atoms with Gasteiger partial charge in [0.05, 0.1) is 0 Å². The SMILES string of the molecule is CCCc1ccc(NC(=O)c2ccc(NN)cc2)cc1. The maximum Gasteiger partial charge on any atom is 0.255 e. The highest BCUT2D eigenvalue weighted by Crippen LogP contribution is 2.14. The zero-order chi connectivity index (χ0) is 14.4. The monoisotopic (exact) mass is 269 g/mol. The van der Waals surface area contributed by atoms with E-state index in [0.717, 1.165) is 24.2 Å². The second kappa shape index (κ2) is 6.73. The van der Waals surface area contributed by atoms with Crippen molar-refractivity contribution in [2.45, 2.75) is 19.8 Å². The van der Waals surface area contributed by atoms with Crippen molar-refractivity contribution < 1.29 is 4.79 Å². The fraction of sp³-hybridized carbons (Fsp3) is 0.188. The first-order valence-electron chi connectivity index (χ1n) is 6.70. The average molecular weight is 269 g/mol. The molecule has 0 aliphatic carbocycles. The molecule has 20 heavy (non-hydrogen) atoms. The summed E-state index contributed by atoms with van der Waals surface area (Å²) in [5.74, 6) is 5.16. The molecule has 4 nitrogen and oxygen atoms in total. The third-order valence-electron chi connectivity index (χ3n) is 3.06. The van der Waals surface area contributed by atoms with E-state index in [1.165, 1.54) is 5.56 Å². The number of carbonyl (C=O) groups excluding carboxylic acids is 1. The summed E-state index contributed by atoms with van der Waals surface area (Å²) in [5, 5.41) is 2.87. The Labute approximate surface area is 119 Å². The minimum atomic E-state index is -0.128. The van der Waals surface area contributed by atoms with Crippen molar-refractivity contribution in [2.75, 3.05) is 10.7 Å². The zero-order valence-corrected chi connectivity index (χ0v) is 11.5. The molecule has 0 aliphatic rings. The van der Waals surface area contributed by atoms with Gasteiger partial charge in [0.1, 0.15) is 0 Å². The summed E-state index contributed by atoms with van der Waals surface area (Å²) < 4.78 is 0. The Balaban J connectivity index is 2.02. The Kier molecular flexibility index (Phi) is 4.74. The van der Waals surface area contributed by atoms with Gasteiger partial charge in [-0.25, -0.2) is 0 Å². The molecule has 104 valence electrons. The molecule has 0 saturated heterocycles. The predicted octanol–water partition coefficient (Wildman–Crippen LogP) is 3.18. The van der Waals surface area contributed by atoms with Crippen LogP contribution in [0.15, 0.2) is 48.5 Å². The van der Waals surface area contributed by atoms with Crippen molar-refractivity contribution >= 4 is 17.3 Å². The molecule has 0 heterocycles. The second-order valence-electron chi connectivity index (χ2n) is 4.62. The topological polar surface area (TPSA) is 67.2 Å². The van der Waals surface area contributed by atoms with Gasteiger partial charge >= 0.3 is 0 Å². The van der Waals surface area contributed by atoms with Gasteiger partial charge in [-0.3, -0.25) is 10.6 Å². The number of amides is 1. The number of hydrogen-bond donors (Lipinski definition) is 3. The van der Waals surface area contributed by atoms with Crippen LogP contribution in [0.3, 0.4) is 0 Å².